The predicted octanol–water partition coefficient (Wildman–Crippen LogP) is 5.49. The Hall–Kier alpha value is -2.98. The van der Waals surface area contributed by atoms with Crippen LogP contribution < -0.4 is 21.5 Å². The van der Waals surface area contributed by atoms with Crippen LogP contribution in [0.25, 0.3) is 0 Å². The van der Waals surface area contributed by atoms with Gasteiger partial charge in [-0.05, 0) is 60.3 Å². The van der Waals surface area contributed by atoms with E-state index in [4.69, 9.17) is 16.2 Å². The van der Waals surface area contributed by atoms with Crippen LogP contribution in [0.5, 0.6) is 5.75 Å². The van der Waals surface area contributed by atoms with Crippen LogP contribution in [-0.2, 0) is 13.0 Å². The van der Waals surface area contributed by atoms with Crippen molar-refractivity contribution in [3.8, 4) is 5.75 Å². The third-order valence-electron chi connectivity index (χ3n) is 5.30. The Kier molecular flexibility index (Phi) is 8.16. The lowest BCUT2D eigenvalue weighted by Gasteiger charge is -2.20. The zero-order valence-corrected chi connectivity index (χ0v) is 17.8. The molecule has 0 radical (unpaired) electrons. The molecule has 0 aliphatic rings. The van der Waals surface area contributed by atoms with Gasteiger partial charge in [-0.15, -0.1) is 0 Å². The second kappa shape index (κ2) is 11.3. The Labute approximate surface area is 180 Å². The monoisotopic (exact) mass is 403 g/mol. The number of unbranched alkanes of at least 4 members (excludes halogenated alkanes) is 1. The van der Waals surface area contributed by atoms with Gasteiger partial charge >= 0.3 is 0 Å². The first kappa shape index (κ1) is 21.7. The minimum absolute atomic E-state index is 0.282. The van der Waals surface area contributed by atoms with Crippen molar-refractivity contribution in [1.82, 2.24) is 5.32 Å². The van der Waals surface area contributed by atoms with Gasteiger partial charge in [0.15, 0.2) is 0 Å². The zero-order chi connectivity index (χ0) is 21.2. The van der Waals surface area contributed by atoms with Crippen molar-refractivity contribution in [1.29, 1.82) is 0 Å². The smallest absolute Gasteiger partial charge is 0.142 e. The van der Waals surface area contributed by atoms with E-state index in [1.54, 1.807) is 0 Å². The van der Waals surface area contributed by atoms with Crippen molar-refractivity contribution < 1.29 is 4.74 Å². The van der Waals surface area contributed by atoms with E-state index in [9.17, 15) is 0 Å². The number of anilines is 2. The Morgan fingerprint density at radius 3 is 2.37 bits per heavy atom. The first-order valence-corrected chi connectivity index (χ1v) is 10.8. The van der Waals surface area contributed by atoms with E-state index < -0.39 is 0 Å². The van der Waals surface area contributed by atoms with E-state index in [1.807, 2.05) is 36.4 Å². The lowest BCUT2D eigenvalue weighted by molar-refractivity contribution is 0.308. The number of hydrogen-bond donors (Lipinski definition) is 3. The highest BCUT2D eigenvalue weighted by atomic mass is 16.5. The van der Waals surface area contributed by atoms with E-state index in [2.05, 4.69) is 48.6 Å². The van der Waals surface area contributed by atoms with Crippen LogP contribution in [0.1, 0.15) is 48.9 Å². The highest BCUT2D eigenvalue weighted by Crippen LogP contribution is 2.28. The topological polar surface area (TPSA) is 73.3 Å². The summed E-state index contributed by atoms with van der Waals surface area (Å²) in [4.78, 5) is 0. The molecule has 5 N–H and O–H groups in total. The summed E-state index contributed by atoms with van der Waals surface area (Å²) in [7, 11) is 0. The predicted molar refractivity (Wildman–Crippen MR) is 126 cm³/mol. The molecular formula is C26H33N3O. The molecule has 0 heterocycles. The van der Waals surface area contributed by atoms with E-state index >= 15 is 0 Å². The van der Waals surface area contributed by atoms with Gasteiger partial charge < -0.3 is 21.5 Å². The number of nitrogen functional groups attached to an aromatic ring is 2. The summed E-state index contributed by atoms with van der Waals surface area (Å²) in [5.41, 5.74) is 17.2. The molecule has 4 nitrogen and oxygen atoms in total. The van der Waals surface area contributed by atoms with Crippen LogP contribution in [0.4, 0.5) is 11.4 Å². The Bertz CT molecular complexity index is 894. The molecular weight excluding hydrogens is 370 g/mol. The number of nitrogens with two attached hydrogens (primary N) is 2. The van der Waals surface area contributed by atoms with Gasteiger partial charge in [-0.25, -0.2) is 0 Å². The lowest BCUT2D eigenvalue weighted by atomic mass is 10.00. The van der Waals surface area contributed by atoms with Gasteiger partial charge in [0.1, 0.15) is 12.4 Å². The Morgan fingerprint density at radius 2 is 1.67 bits per heavy atom. The quantitative estimate of drug-likeness (QED) is 0.370. The van der Waals surface area contributed by atoms with Gasteiger partial charge in [0.05, 0.1) is 5.69 Å². The summed E-state index contributed by atoms with van der Waals surface area (Å²) in [5, 5.41) is 3.71. The maximum atomic E-state index is 6.32. The Morgan fingerprint density at radius 1 is 0.900 bits per heavy atom. The van der Waals surface area contributed by atoms with Crippen molar-refractivity contribution in [3.63, 3.8) is 0 Å². The fraction of sp³-hybridized carbons (Fsp3) is 0.308. The van der Waals surface area contributed by atoms with E-state index in [0.717, 1.165) is 36.4 Å². The highest BCUT2D eigenvalue weighted by Gasteiger charge is 2.13. The molecule has 3 aromatic carbocycles. The molecule has 0 spiro atoms. The summed E-state index contributed by atoms with van der Waals surface area (Å²) in [6.45, 7) is 3.65. The van der Waals surface area contributed by atoms with Crippen molar-refractivity contribution in [2.75, 3.05) is 18.0 Å². The van der Waals surface area contributed by atoms with Crippen LogP contribution in [0.15, 0.2) is 72.8 Å². The first-order chi connectivity index (χ1) is 14.7. The minimum atomic E-state index is 0.282. The molecule has 3 rings (SSSR count). The molecule has 0 saturated heterocycles. The first-order valence-electron chi connectivity index (χ1n) is 10.8. The molecule has 4 heteroatoms. The second-order valence-electron chi connectivity index (χ2n) is 7.71. The number of ether oxygens (including phenoxy) is 1. The third-order valence-corrected chi connectivity index (χ3v) is 5.30. The van der Waals surface area contributed by atoms with Crippen LogP contribution in [0, 0.1) is 0 Å². The molecule has 1 atom stereocenters. The average molecular weight is 404 g/mol. The SMILES string of the molecule is CCCCC(NCCc1ccc(N)cc1)c1ccc(OCc2ccccc2)c(N)c1. The van der Waals surface area contributed by atoms with Gasteiger partial charge in [-0.3, -0.25) is 0 Å². The summed E-state index contributed by atoms with van der Waals surface area (Å²) >= 11 is 0. The van der Waals surface area contributed by atoms with E-state index in [-0.39, 0.29) is 6.04 Å². The van der Waals surface area contributed by atoms with E-state index in [1.165, 1.54) is 24.0 Å². The normalized spacial score (nSPS) is 11.9. The zero-order valence-electron chi connectivity index (χ0n) is 17.8. The van der Waals surface area contributed by atoms with Gasteiger partial charge in [-0.1, -0.05) is 68.3 Å². The fourth-order valence-electron chi connectivity index (χ4n) is 3.52. The maximum absolute atomic E-state index is 6.32. The molecule has 1 unspecified atom stereocenters. The molecule has 3 aromatic rings. The number of rotatable bonds is 11. The number of hydrogen-bond acceptors (Lipinski definition) is 4. The van der Waals surface area contributed by atoms with Crippen molar-refractivity contribution in [3.05, 3.63) is 89.5 Å². The lowest BCUT2D eigenvalue weighted by Crippen LogP contribution is -2.24. The molecule has 0 aromatic heterocycles. The number of nitrogens with one attached hydrogen (secondary N) is 1. The highest BCUT2D eigenvalue weighted by molar-refractivity contribution is 5.55. The van der Waals surface area contributed by atoms with Crippen LogP contribution >= 0.6 is 0 Å². The fourth-order valence-corrected chi connectivity index (χ4v) is 3.52. The summed E-state index contributed by atoms with van der Waals surface area (Å²) in [6, 6.07) is 24.7. The number of benzene rings is 3. The largest absolute Gasteiger partial charge is 0.487 e. The van der Waals surface area contributed by atoms with Crippen molar-refractivity contribution >= 4 is 11.4 Å². The van der Waals surface area contributed by atoms with Crippen LogP contribution in [-0.4, -0.2) is 6.54 Å². The van der Waals surface area contributed by atoms with Crippen molar-refractivity contribution in [2.24, 2.45) is 0 Å². The summed E-state index contributed by atoms with van der Waals surface area (Å²) in [6.07, 6.45) is 4.40. The van der Waals surface area contributed by atoms with Crippen molar-refractivity contribution in [2.45, 2.75) is 45.3 Å². The molecule has 0 amide bonds. The summed E-state index contributed by atoms with van der Waals surface area (Å²) < 4.78 is 5.93. The average Bonchev–Trinajstić information content (AvgIpc) is 2.77. The molecule has 0 bridgehead atoms. The molecule has 158 valence electrons. The van der Waals surface area contributed by atoms with Crippen LogP contribution in [0.3, 0.4) is 0 Å². The molecule has 0 saturated carbocycles. The summed E-state index contributed by atoms with van der Waals surface area (Å²) in [5.74, 6) is 0.735. The van der Waals surface area contributed by atoms with E-state index in [0.29, 0.717) is 12.3 Å². The minimum Gasteiger partial charge on any atom is -0.487 e. The third kappa shape index (κ3) is 6.53. The van der Waals surface area contributed by atoms with Gasteiger partial charge in [0.25, 0.3) is 0 Å². The molecule has 0 fully saturated rings. The van der Waals surface area contributed by atoms with Gasteiger partial charge in [0, 0.05) is 11.7 Å². The van der Waals surface area contributed by atoms with Crippen LogP contribution in [0.2, 0.25) is 0 Å². The molecule has 0 aliphatic heterocycles. The Balaban J connectivity index is 1.61. The molecule has 0 aliphatic carbocycles. The van der Waals surface area contributed by atoms with Gasteiger partial charge in [0.2, 0.25) is 0 Å². The molecule has 30 heavy (non-hydrogen) atoms. The standard InChI is InChI=1S/C26H33N3O/c1-2-3-9-25(29-17-16-20-10-13-23(27)14-11-20)22-12-15-26(24(28)18-22)30-19-21-7-5-4-6-8-21/h4-8,10-15,18,25,29H,2-3,9,16-17,19,27-28H2,1H3. The second-order valence-corrected chi connectivity index (χ2v) is 7.71. The maximum Gasteiger partial charge on any atom is 0.142 e. The van der Waals surface area contributed by atoms with Gasteiger partial charge in [-0.2, -0.15) is 0 Å².